The van der Waals surface area contributed by atoms with Gasteiger partial charge in [0.15, 0.2) is 0 Å². The predicted molar refractivity (Wildman–Crippen MR) is 82.9 cm³/mol. The molecular weight excluding hydrogens is 248 g/mol. The fraction of sp³-hybridized carbons (Fsp3) is 0.118. The summed E-state index contributed by atoms with van der Waals surface area (Å²) in [6.07, 6.45) is 1.70. The van der Waals surface area contributed by atoms with E-state index in [1.165, 1.54) is 0 Å². The van der Waals surface area contributed by atoms with Gasteiger partial charge < -0.3 is 10.5 Å². The minimum absolute atomic E-state index is 0.684. The van der Waals surface area contributed by atoms with Crippen molar-refractivity contribution in [3.05, 3.63) is 54.2 Å². The Morgan fingerprint density at radius 3 is 2.50 bits per heavy atom. The first-order valence-corrected chi connectivity index (χ1v) is 6.49. The number of rotatable bonds is 2. The van der Waals surface area contributed by atoms with E-state index in [1.54, 1.807) is 13.3 Å². The van der Waals surface area contributed by atoms with Crippen LogP contribution in [0.5, 0.6) is 5.75 Å². The SMILES string of the molecule is COc1ccc(-c2ncc(N)cc2C)c2ccccc12. The lowest BCUT2D eigenvalue weighted by molar-refractivity contribution is 0.420. The zero-order valence-electron chi connectivity index (χ0n) is 11.6. The van der Waals surface area contributed by atoms with Gasteiger partial charge in [0.05, 0.1) is 24.7 Å². The summed E-state index contributed by atoms with van der Waals surface area (Å²) in [6.45, 7) is 2.03. The minimum Gasteiger partial charge on any atom is -0.496 e. The summed E-state index contributed by atoms with van der Waals surface area (Å²) >= 11 is 0. The van der Waals surface area contributed by atoms with E-state index in [4.69, 9.17) is 10.5 Å². The van der Waals surface area contributed by atoms with Crippen LogP contribution in [0.3, 0.4) is 0 Å². The lowest BCUT2D eigenvalue weighted by atomic mass is 9.98. The van der Waals surface area contributed by atoms with Gasteiger partial charge in [0.1, 0.15) is 5.75 Å². The maximum Gasteiger partial charge on any atom is 0.126 e. The normalized spacial score (nSPS) is 10.7. The van der Waals surface area contributed by atoms with E-state index in [0.717, 1.165) is 33.3 Å². The third kappa shape index (κ3) is 1.97. The Morgan fingerprint density at radius 2 is 1.80 bits per heavy atom. The van der Waals surface area contributed by atoms with Crippen LogP contribution in [0.15, 0.2) is 48.7 Å². The third-order valence-corrected chi connectivity index (χ3v) is 3.46. The number of ether oxygens (including phenoxy) is 1. The van der Waals surface area contributed by atoms with E-state index in [0.29, 0.717) is 5.69 Å². The zero-order valence-corrected chi connectivity index (χ0v) is 11.6. The standard InChI is InChI=1S/C17H16N2O/c1-11-9-12(18)10-19-17(11)15-7-8-16(20-2)14-6-4-3-5-13(14)15/h3-10H,18H2,1-2H3. The Bertz CT molecular complexity index is 781. The van der Waals surface area contributed by atoms with E-state index in [1.807, 2.05) is 37.3 Å². The average molecular weight is 264 g/mol. The van der Waals surface area contributed by atoms with E-state index in [9.17, 15) is 0 Å². The van der Waals surface area contributed by atoms with Crippen molar-refractivity contribution in [3.63, 3.8) is 0 Å². The predicted octanol–water partition coefficient (Wildman–Crippen LogP) is 3.80. The van der Waals surface area contributed by atoms with Gasteiger partial charge in [-0.2, -0.15) is 0 Å². The molecule has 0 fully saturated rings. The molecule has 1 aromatic heterocycles. The first-order valence-electron chi connectivity index (χ1n) is 6.49. The number of nitrogens with two attached hydrogens (primary N) is 1. The summed E-state index contributed by atoms with van der Waals surface area (Å²) in [5.74, 6) is 0.873. The molecule has 0 radical (unpaired) electrons. The molecule has 100 valence electrons. The van der Waals surface area contributed by atoms with Crippen LogP contribution in [0.25, 0.3) is 22.0 Å². The van der Waals surface area contributed by atoms with Crippen molar-refractivity contribution in [3.8, 4) is 17.0 Å². The van der Waals surface area contributed by atoms with Crippen molar-refractivity contribution in [1.82, 2.24) is 4.98 Å². The van der Waals surface area contributed by atoms with Gasteiger partial charge >= 0.3 is 0 Å². The molecule has 0 saturated carbocycles. The van der Waals surface area contributed by atoms with E-state index in [-0.39, 0.29) is 0 Å². The van der Waals surface area contributed by atoms with Crippen LogP contribution in [0, 0.1) is 6.92 Å². The second-order valence-electron chi connectivity index (χ2n) is 4.80. The fourth-order valence-corrected chi connectivity index (χ4v) is 2.53. The lowest BCUT2D eigenvalue weighted by Gasteiger charge is -2.12. The number of nitrogens with zero attached hydrogens (tertiary/aromatic N) is 1. The van der Waals surface area contributed by atoms with Crippen molar-refractivity contribution in [2.24, 2.45) is 0 Å². The monoisotopic (exact) mass is 264 g/mol. The molecule has 2 aromatic carbocycles. The molecule has 3 rings (SSSR count). The Hall–Kier alpha value is -2.55. The highest BCUT2D eigenvalue weighted by molar-refractivity contribution is 5.99. The number of benzene rings is 2. The zero-order chi connectivity index (χ0) is 14.1. The van der Waals surface area contributed by atoms with Gasteiger partial charge in [0.2, 0.25) is 0 Å². The number of aromatic nitrogens is 1. The maximum atomic E-state index is 5.78. The smallest absolute Gasteiger partial charge is 0.126 e. The average Bonchev–Trinajstić information content (AvgIpc) is 2.47. The van der Waals surface area contributed by atoms with Gasteiger partial charge in [-0.05, 0) is 36.1 Å². The van der Waals surface area contributed by atoms with Crippen LogP contribution in [-0.4, -0.2) is 12.1 Å². The van der Waals surface area contributed by atoms with E-state index < -0.39 is 0 Å². The maximum absolute atomic E-state index is 5.78. The highest BCUT2D eigenvalue weighted by Crippen LogP contribution is 2.34. The van der Waals surface area contributed by atoms with Gasteiger partial charge in [-0.1, -0.05) is 24.3 Å². The van der Waals surface area contributed by atoms with Crippen molar-refractivity contribution in [2.75, 3.05) is 12.8 Å². The summed E-state index contributed by atoms with van der Waals surface area (Å²) in [5.41, 5.74) is 9.59. The van der Waals surface area contributed by atoms with Crippen LogP contribution in [0.4, 0.5) is 5.69 Å². The topological polar surface area (TPSA) is 48.1 Å². The minimum atomic E-state index is 0.684. The number of fused-ring (bicyclic) bond motifs is 1. The summed E-state index contributed by atoms with van der Waals surface area (Å²) in [7, 11) is 1.69. The number of hydrogen-bond donors (Lipinski definition) is 1. The van der Waals surface area contributed by atoms with Crippen molar-refractivity contribution < 1.29 is 4.74 Å². The number of methoxy groups -OCH3 is 1. The van der Waals surface area contributed by atoms with Crippen molar-refractivity contribution in [1.29, 1.82) is 0 Å². The number of aryl methyl sites for hydroxylation is 1. The second-order valence-corrected chi connectivity index (χ2v) is 4.80. The Kier molecular flexibility index (Phi) is 3.03. The number of pyridine rings is 1. The van der Waals surface area contributed by atoms with Crippen LogP contribution >= 0.6 is 0 Å². The van der Waals surface area contributed by atoms with E-state index >= 15 is 0 Å². The molecule has 0 unspecified atom stereocenters. The molecule has 3 heteroatoms. The van der Waals surface area contributed by atoms with Gasteiger partial charge in [-0.3, -0.25) is 4.98 Å². The van der Waals surface area contributed by atoms with Gasteiger partial charge in [0.25, 0.3) is 0 Å². The summed E-state index contributed by atoms with van der Waals surface area (Å²) in [5, 5.41) is 2.22. The summed E-state index contributed by atoms with van der Waals surface area (Å²) in [4.78, 5) is 4.49. The largest absolute Gasteiger partial charge is 0.496 e. The fourth-order valence-electron chi connectivity index (χ4n) is 2.53. The van der Waals surface area contributed by atoms with E-state index in [2.05, 4.69) is 17.1 Å². The summed E-state index contributed by atoms with van der Waals surface area (Å²) in [6, 6.07) is 14.2. The van der Waals surface area contributed by atoms with Gasteiger partial charge in [-0.15, -0.1) is 0 Å². The molecule has 0 saturated heterocycles. The molecule has 0 aliphatic carbocycles. The molecule has 0 spiro atoms. The molecule has 3 aromatic rings. The van der Waals surface area contributed by atoms with Crippen LogP contribution in [0.1, 0.15) is 5.56 Å². The molecule has 0 atom stereocenters. The molecule has 0 aliphatic rings. The Labute approximate surface area is 118 Å². The second kappa shape index (κ2) is 4.85. The molecule has 0 bridgehead atoms. The van der Waals surface area contributed by atoms with Crippen molar-refractivity contribution >= 4 is 16.5 Å². The number of nitrogen functional groups attached to an aromatic ring is 1. The Morgan fingerprint density at radius 1 is 1.05 bits per heavy atom. The van der Waals surface area contributed by atoms with Crippen LogP contribution in [0.2, 0.25) is 0 Å². The first-order chi connectivity index (χ1) is 9.70. The van der Waals surface area contributed by atoms with Crippen molar-refractivity contribution in [2.45, 2.75) is 6.92 Å². The molecule has 0 amide bonds. The highest BCUT2D eigenvalue weighted by atomic mass is 16.5. The first kappa shape index (κ1) is 12.5. The molecular formula is C17H16N2O. The highest BCUT2D eigenvalue weighted by Gasteiger charge is 2.10. The molecule has 1 heterocycles. The molecule has 2 N–H and O–H groups in total. The third-order valence-electron chi connectivity index (χ3n) is 3.46. The van der Waals surface area contributed by atoms with Gasteiger partial charge in [-0.25, -0.2) is 0 Å². The number of anilines is 1. The Balaban J connectivity index is 2.32. The van der Waals surface area contributed by atoms with Crippen LogP contribution < -0.4 is 10.5 Å². The van der Waals surface area contributed by atoms with Crippen LogP contribution in [-0.2, 0) is 0 Å². The molecule has 3 nitrogen and oxygen atoms in total. The lowest BCUT2D eigenvalue weighted by Crippen LogP contribution is -1.94. The molecule has 20 heavy (non-hydrogen) atoms. The summed E-state index contributed by atoms with van der Waals surface area (Å²) < 4.78 is 5.43. The number of hydrogen-bond acceptors (Lipinski definition) is 3. The molecule has 0 aliphatic heterocycles. The van der Waals surface area contributed by atoms with Gasteiger partial charge in [0, 0.05) is 10.9 Å². The quantitative estimate of drug-likeness (QED) is 0.765.